The van der Waals surface area contributed by atoms with E-state index < -0.39 is 21.1 Å². The minimum Gasteiger partial charge on any atom is -0.480 e. The smallest absolute Gasteiger partial charge is 0.322 e. The highest BCUT2D eigenvalue weighted by Gasteiger charge is 2.26. The van der Waals surface area contributed by atoms with Crippen LogP contribution in [0.25, 0.3) is 0 Å². The molecule has 0 saturated heterocycles. The molecule has 0 amide bonds. The number of hydrogen-bond acceptors (Lipinski definition) is 3. The quantitative estimate of drug-likeness (QED) is 0.361. The molecule has 4 nitrogen and oxygen atoms in total. The molecule has 0 aliphatic rings. The van der Waals surface area contributed by atoms with Gasteiger partial charge in [0.05, 0.1) is 0 Å². The standard InChI is InChI=1S/C23H34O4S/c1-3-4-5-6-7-8-9-10-11-12-13-14-15-16-17-18-19-20-21-22(23(24)25)28(2,26)27/h4-5,7-8,10-11,13-14,16-17,19-20,22H,3,6,9,12,15,18,21H2,1-2H3,(H,24,25)/b5-4-,8-7-,11-10-,14-13-,17-16-,20-19-. The summed E-state index contributed by atoms with van der Waals surface area (Å²) in [4.78, 5) is 10.9. The van der Waals surface area contributed by atoms with E-state index in [9.17, 15) is 13.2 Å². The van der Waals surface area contributed by atoms with Crippen molar-refractivity contribution in [1.29, 1.82) is 0 Å². The van der Waals surface area contributed by atoms with Crippen LogP contribution in [0.4, 0.5) is 0 Å². The summed E-state index contributed by atoms with van der Waals surface area (Å²) < 4.78 is 22.7. The van der Waals surface area contributed by atoms with E-state index in [4.69, 9.17) is 5.11 Å². The van der Waals surface area contributed by atoms with Gasteiger partial charge in [0.1, 0.15) is 0 Å². The highest BCUT2D eigenvalue weighted by Crippen LogP contribution is 2.06. The van der Waals surface area contributed by atoms with E-state index in [0.717, 1.165) is 38.4 Å². The van der Waals surface area contributed by atoms with Crippen LogP contribution in [-0.2, 0) is 14.6 Å². The van der Waals surface area contributed by atoms with Crippen LogP contribution in [0.3, 0.4) is 0 Å². The Morgan fingerprint density at radius 1 is 0.714 bits per heavy atom. The number of carbonyl (C=O) groups is 1. The van der Waals surface area contributed by atoms with Crippen LogP contribution >= 0.6 is 0 Å². The molecule has 0 heterocycles. The summed E-state index contributed by atoms with van der Waals surface area (Å²) in [7, 11) is -3.58. The van der Waals surface area contributed by atoms with Crippen molar-refractivity contribution in [2.75, 3.05) is 6.26 Å². The average Bonchev–Trinajstić information content (AvgIpc) is 2.62. The fourth-order valence-electron chi connectivity index (χ4n) is 2.20. The number of rotatable bonds is 15. The van der Waals surface area contributed by atoms with Gasteiger partial charge in [-0.25, -0.2) is 8.42 Å². The molecule has 0 saturated carbocycles. The normalized spacial score (nSPS) is 14.6. The van der Waals surface area contributed by atoms with Crippen molar-refractivity contribution < 1.29 is 18.3 Å². The Kier molecular flexibility index (Phi) is 15.7. The Labute approximate surface area is 170 Å². The van der Waals surface area contributed by atoms with E-state index >= 15 is 0 Å². The molecule has 0 aromatic rings. The number of allylic oxidation sites excluding steroid dienone is 12. The van der Waals surface area contributed by atoms with Crippen LogP contribution in [0.2, 0.25) is 0 Å². The second-order valence-electron chi connectivity index (χ2n) is 6.31. The SMILES string of the molecule is CC/C=C\C/C=C\C/C=C\C/C=C\C/C=C\C/C=C\CC(C(=O)O)S(C)(=O)=O. The Hall–Kier alpha value is -2.14. The number of sulfone groups is 1. The first kappa shape index (κ1) is 25.9. The molecule has 156 valence electrons. The summed E-state index contributed by atoms with van der Waals surface area (Å²) in [6.07, 6.45) is 31.0. The number of aliphatic carboxylic acids is 1. The fraction of sp³-hybridized carbons (Fsp3) is 0.435. The minimum atomic E-state index is -3.58. The van der Waals surface area contributed by atoms with Crippen molar-refractivity contribution in [1.82, 2.24) is 0 Å². The van der Waals surface area contributed by atoms with E-state index in [2.05, 4.69) is 55.5 Å². The van der Waals surface area contributed by atoms with Gasteiger partial charge in [0.15, 0.2) is 15.1 Å². The number of carboxylic acids is 1. The van der Waals surface area contributed by atoms with Crippen molar-refractivity contribution in [3.05, 3.63) is 72.9 Å². The maximum absolute atomic E-state index is 11.3. The molecule has 0 aliphatic carbocycles. The van der Waals surface area contributed by atoms with Gasteiger partial charge < -0.3 is 5.11 Å². The van der Waals surface area contributed by atoms with E-state index in [1.54, 1.807) is 12.2 Å². The summed E-state index contributed by atoms with van der Waals surface area (Å²) >= 11 is 0. The molecule has 28 heavy (non-hydrogen) atoms. The summed E-state index contributed by atoms with van der Waals surface area (Å²) in [5, 5.41) is 7.54. The van der Waals surface area contributed by atoms with Crippen LogP contribution in [0.5, 0.6) is 0 Å². The molecule has 0 aromatic carbocycles. The highest BCUT2D eigenvalue weighted by molar-refractivity contribution is 7.92. The van der Waals surface area contributed by atoms with E-state index in [0.29, 0.717) is 6.42 Å². The van der Waals surface area contributed by atoms with Crippen molar-refractivity contribution in [2.24, 2.45) is 0 Å². The van der Waals surface area contributed by atoms with Gasteiger partial charge in [0.25, 0.3) is 0 Å². The summed E-state index contributed by atoms with van der Waals surface area (Å²) in [5.41, 5.74) is 0. The summed E-state index contributed by atoms with van der Waals surface area (Å²) in [6.45, 7) is 2.13. The van der Waals surface area contributed by atoms with Crippen molar-refractivity contribution in [3.8, 4) is 0 Å². The Morgan fingerprint density at radius 3 is 1.32 bits per heavy atom. The molecule has 1 atom stereocenters. The van der Waals surface area contributed by atoms with Gasteiger partial charge >= 0.3 is 5.97 Å². The average molecular weight is 407 g/mol. The molecule has 0 radical (unpaired) electrons. The lowest BCUT2D eigenvalue weighted by Crippen LogP contribution is -2.28. The van der Waals surface area contributed by atoms with Gasteiger partial charge in [-0.05, 0) is 44.9 Å². The molecule has 0 aromatic heterocycles. The van der Waals surface area contributed by atoms with Crippen LogP contribution in [0.15, 0.2) is 72.9 Å². The molecule has 0 rings (SSSR count). The van der Waals surface area contributed by atoms with Crippen LogP contribution in [0, 0.1) is 0 Å². The number of hydrogen-bond donors (Lipinski definition) is 1. The first-order valence-corrected chi connectivity index (χ1v) is 11.7. The molecule has 0 fully saturated rings. The lowest BCUT2D eigenvalue weighted by molar-refractivity contribution is -0.136. The highest BCUT2D eigenvalue weighted by atomic mass is 32.2. The lowest BCUT2D eigenvalue weighted by Gasteiger charge is -2.06. The second-order valence-corrected chi connectivity index (χ2v) is 8.54. The van der Waals surface area contributed by atoms with Gasteiger partial charge in [-0.15, -0.1) is 0 Å². The monoisotopic (exact) mass is 406 g/mol. The van der Waals surface area contributed by atoms with Gasteiger partial charge in [-0.3, -0.25) is 4.79 Å². The summed E-state index contributed by atoms with van der Waals surface area (Å²) in [5.74, 6) is -1.30. The molecule has 1 unspecified atom stereocenters. The third-order valence-corrected chi connectivity index (χ3v) is 5.17. The fourth-order valence-corrected chi connectivity index (χ4v) is 3.03. The van der Waals surface area contributed by atoms with Crippen molar-refractivity contribution >= 4 is 15.8 Å². The number of carboxylic acid groups (broad SMARTS) is 1. The topological polar surface area (TPSA) is 71.4 Å². The van der Waals surface area contributed by atoms with Crippen LogP contribution in [-0.4, -0.2) is 31.0 Å². The zero-order chi connectivity index (χ0) is 21.1. The molecular formula is C23H34O4S. The zero-order valence-electron chi connectivity index (χ0n) is 17.0. The maximum Gasteiger partial charge on any atom is 0.322 e. The lowest BCUT2D eigenvalue weighted by atomic mass is 10.2. The van der Waals surface area contributed by atoms with Crippen molar-refractivity contribution in [3.63, 3.8) is 0 Å². The Bertz CT molecular complexity index is 692. The predicted molar refractivity (Wildman–Crippen MR) is 119 cm³/mol. The summed E-state index contributed by atoms with van der Waals surface area (Å²) in [6, 6.07) is 0. The molecule has 0 aliphatic heterocycles. The van der Waals surface area contributed by atoms with Gasteiger partial charge in [0.2, 0.25) is 0 Å². The maximum atomic E-state index is 11.3. The zero-order valence-corrected chi connectivity index (χ0v) is 17.9. The molecule has 0 spiro atoms. The van der Waals surface area contributed by atoms with Gasteiger partial charge in [-0.1, -0.05) is 79.8 Å². The van der Waals surface area contributed by atoms with Gasteiger partial charge in [0, 0.05) is 6.26 Å². The van der Waals surface area contributed by atoms with Gasteiger partial charge in [-0.2, -0.15) is 0 Å². The third-order valence-electron chi connectivity index (χ3n) is 3.74. The van der Waals surface area contributed by atoms with Crippen molar-refractivity contribution in [2.45, 2.75) is 57.1 Å². The largest absolute Gasteiger partial charge is 0.480 e. The third kappa shape index (κ3) is 16.1. The van der Waals surface area contributed by atoms with E-state index in [1.165, 1.54) is 0 Å². The second kappa shape index (κ2) is 17.0. The van der Waals surface area contributed by atoms with Crippen LogP contribution in [0.1, 0.15) is 51.9 Å². The molecule has 5 heteroatoms. The van der Waals surface area contributed by atoms with Crippen LogP contribution < -0.4 is 0 Å². The van der Waals surface area contributed by atoms with E-state index in [-0.39, 0.29) is 6.42 Å². The minimum absolute atomic E-state index is 0.00112. The molecule has 0 bridgehead atoms. The molecular weight excluding hydrogens is 372 g/mol. The first-order valence-electron chi connectivity index (χ1n) is 9.71. The predicted octanol–water partition coefficient (Wildman–Crippen LogP) is 5.57. The first-order chi connectivity index (χ1) is 13.4. The Balaban J connectivity index is 3.85. The van der Waals surface area contributed by atoms with E-state index in [1.807, 2.05) is 12.2 Å². The molecule has 1 N–H and O–H groups in total. The Morgan fingerprint density at radius 2 is 1.04 bits per heavy atom.